The van der Waals surface area contributed by atoms with Crippen LogP contribution in [0.15, 0.2) is 56.8 Å². The molecule has 0 N–H and O–H groups in total. The molecule has 2 aromatic heterocycles. The van der Waals surface area contributed by atoms with Gasteiger partial charge in [0.2, 0.25) is 0 Å². The molecule has 0 amide bonds. The maximum Gasteiger partial charge on any atom is 0.338 e. The lowest BCUT2D eigenvalue weighted by Gasteiger charge is -2.22. The van der Waals surface area contributed by atoms with Gasteiger partial charge in [0.05, 0.1) is 33.0 Å². The van der Waals surface area contributed by atoms with Gasteiger partial charge < -0.3 is 4.74 Å². The zero-order chi connectivity index (χ0) is 20.7. The van der Waals surface area contributed by atoms with Gasteiger partial charge in [0.15, 0.2) is 4.80 Å². The van der Waals surface area contributed by atoms with Crippen LogP contribution in [0.2, 0.25) is 10.0 Å². The Bertz CT molecular complexity index is 1320. The van der Waals surface area contributed by atoms with E-state index in [0.29, 0.717) is 30.6 Å². The first-order chi connectivity index (χ1) is 13.9. The van der Waals surface area contributed by atoms with Crippen molar-refractivity contribution < 1.29 is 9.53 Å². The fraction of sp³-hybridized carbons (Fsp3) is 0.150. The van der Waals surface area contributed by atoms with Gasteiger partial charge in [0, 0.05) is 4.88 Å². The molecule has 3 aromatic rings. The highest BCUT2D eigenvalue weighted by Gasteiger charge is 2.33. The van der Waals surface area contributed by atoms with Gasteiger partial charge in [-0.05, 0) is 42.1 Å². The van der Waals surface area contributed by atoms with Gasteiger partial charge in [-0.15, -0.1) is 11.3 Å². The second-order valence-corrected chi connectivity index (χ2v) is 9.07. The number of allylic oxidation sites excluding steroid dienone is 1. The smallest absolute Gasteiger partial charge is 0.338 e. The maximum absolute atomic E-state index is 13.3. The van der Waals surface area contributed by atoms with Gasteiger partial charge in [-0.1, -0.05) is 46.7 Å². The van der Waals surface area contributed by atoms with E-state index in [9.17, 15) is 9.59 Å². The minimum absolute atomic E-state index is 0.230. The number of esters is 1. The van der Waals surface area contributed by atoms with E-state index in [1.54, 1.807) is 35.8 Å². The number of fused-ring (bicyclic) bond motifs is 1. The molecule has 1 aromatic carbocycles. The van der Waals surface area contributed by atoms with Gasteiger partial charge in [-0.25, -0.2) is 9.79 Å². The van der Waals surface area contributed by atoms with Crippen LogP contribution in [-0.2, 0) is 9.53 Å². The fourth-order valence-corrected chi connectivity index (χ4v) is 5.34. The molecule has 3 heterocycles. The van der Waals surface area contributed by atoms with E-state index in [-0.39, 0.29) is 5.56 Å². The van der Waals surface area contributed by atoms with Crippen LogP contribution in [0.4, 0.5) is 0 Å². The standard InChI is InChI=1S/C20H14Cl2N2O3S2/c1-10-16(19(26)27-2)17(14-4-3-7-28-14)24-18(25)15(29-20(24)23-10)9-11-5-6-12(21)13(22)8-11/h3-9,17H,1-2H3/b15-9-/t17-/m1/s1. The van der Waals surface area contributed by atoms with Gasteiger partial charge >= 0.3 is 5.97 Å². The molecule has 0 saturated carbocycles. The molecule has 148 valence electrons. The lowest BCUT2D eigenvalue weighted by Crippen LogP contribution is -2.39. The zero-order valence-corrected chi connectivity index (χ0v) is 18.5. The molecule has 4 rings (SSSR count). The number of thiazole rings is 1. The molecule has 0 aliphatic carbocycles. The molecule has 1 aliphatic rings. The molecule has 9 heteroatoms. The number of ether oxygens (including phenoxy) is 1. The minimum atomic E-state index is -0.574. The van der Waals surface area contributed by atoms with Crippen molar-refractivity contribution >= 4 is 57.9 Å². The van der Waals surface area contributed by atoms with Crippen LogP contribution >= 0.6 is 45.9 Å². The van der Waals surface area contributed by atoms with Crippen LogP contribution in [0.5, 0.6) is 0 Å². The molecule has 0 bridgehead atoms. The van der Waals surface area contributed by atoms with Gasteiger partial charge in [0.25, 0.3) is 5.56 Å². The Morgan fingerprint density at radius 2 is 2.07 bits per heavy atom. The average Bonchev–Trinajstić information content (AvgIpc) is 3.32. The number of rotatable bonds is 3. The molecule has 29 heavy (non-hydrogen) atoms. The van der Waals surface area contributed by atoms with Crippen molar-refractivity contribution in [3.63, 3.8) is 0 Å². The summed E-state index contributed by atoms with van der Waals surface area (Å²) in [7, 11) is 1.32. The Balaban J connectivity index is 1.96. The first-order valence-electron chi connectivity index (χ1n) is 8.50. The number of hydrogen-bond donors (Lipinski definition) is 0. The Morgan fingerprint density at radius 1 is 1.28 bits per heavy atom. The zero-order valence-electron chi connectivity index (χ0n) is 15.3. The van der Waals surface area contributed by atoms with E-state index in [0.717, 1.165) is 10.4 Å². The van der Waals surface area contributed by atoms with Crippen LogP contribution in [0.3, 0.4) is 0 Å². The summed E-state index contributed by atoms with van der Waals surface area (Å²) in [6, 6.07) is 8.37. The molecule has 5 nitrogen and oxygen atoms in total. The summed E-state index contributed by atoms with van der Waals surface area (Å²) in [5.74, 6) is -0.497. The topological polar surface area (TPSA) is 60.7 Å². The number of halogens is 2. The fourth-order valence-electron chi connectivity index (χ4n) is 3.16. The Hall–Kier alpha value is -2.19. The number of benzene rings is 1. The first-order valence-corrected chi connectivity index (χ1v) is 10.9. The van der Waals surface area contributed by atoms with Crippen LogP contribution in [0.1, 0.15) is 23.4 Å². The number of carbonyl (C=O) groups is 1. The highest BCUT2D eigenvalue weighted by atomic mass is 35.5. The van der Waals surface area contributed by atoms with Crippen molar-refractivity contribution in [1.82, 2.24) is 4.57 Å². The predicted octanol–water partition coefficient (Wildman–Crippen LogP) is 3.78. The quantitative estimate of drug-likeness (QED) is 0.554. The number of carbonyl (C=O) groups excluding carboxylic acids is 1. The van der Waals surface area contributed by atoms with Gasteiger partial charge in [0.1, 0.15) is 6.04 Å². The molecule has 0 fully saturated rings. The summed E-state index contributed by atoms with van der Waals surface area (Å²) in [5, 5.41) is 2.76. The normalized spacial score (nSPS) is 16.6. The molecule has 1 aliphatic heterocycles. The predicted molar refractivity (Wildman–Crippen MR) is 117 cm³/mol. The lowest BCUT2D eigenvalue weighted by molar-refractivity contribution is -0.136. The number of methoxy groups -OCH3 is 1. The molecule has 1 atom stereocenters. The summed E-state index contributed by atoms with van der Waals surface area (Å²) < 4.78 is 7.01. The second kappa shape index (κ2) is 7.91. The summed E-state index contributed by atoms with van der Waals surface area (Å²) in [4.78, 5) is 31.7. The van der Waals surface area contributed by atoms with E-state index in [4.69, 9.17) is 27.9 Å². The van der Waals surface area contributed by atoms with E-state index in [2.05, 4.69) is 4.99 Å². The molecule has 0 saturated heterocycles. The average molecular weight is 465 g/mol. The van der Waals surface area contributed by atoms with Crippen LogP contribution in [0.25, 0.3) is 6.08 Å². The van der Waals surface area contributed by atoms with Crippen LogP contribution in [0, 0.1) is 0 Å². The van der Waals surface area contributed by atoms with Crippen LogP contribution < -0.4 is 14.9 Å². The maximum atomic E-state index is 13.3. The van der Waals surface area contributed by atoms with Crippen molar-refractivity contribution in [3.05, 3.63) is 87.2 Å². The third kappa shape index (κ3) is 3.59. The third-order valence-electron chi connectivity index (χ3n) is 4.48. The molecule has 0 radical (unpaired) electrons. The summed E-state index contributed by atoms with van der Waals surface area (Å²) in [5.41, 5.74) is 1.43. The molecular weight excluding hydrogens is 451 g/mol. The summed E-state index contributed by atoms with van der Waals surface area (Å²) in [6.45, 7) is 1.75. The van der Waals surface area contributed by atoms with Gasteiger partial charge in [-0.2, -0.15) is 0 Å². The molecule has 0 spiro atoms. The van der Waals surface area contributed by atoms with Crippen molar-refractivity contribution in [1.29, 1.82) is 0 Å². The Morgan fingerprint density at radius 3 is 2.72 bits per heavy atom. The van der Waals surface area contributed by atoms with Crippen molar-refractivity contribution in [3.8, 4) is 0 Å². The highest BCUT2D eigenvalue weighted by Crippen LogP contribution is 2.33. The number of nitrogens with zero attached hydrogens (tertiary/aromatic N) is 2. The SMILES string of the molecule is COC(=O)C1=C(C)N=c2s/c(=C\c3ccc(Cl)c(Cl)c3)c(=O)n2[C@@H]1c1cccs1. The number of hydrogen-bond acceptors (Lipinski definition) is 6. The number of aromatic nitrogens is 1. The van der Waals surface area contributed by atoms with Gasteiger partial charge in [-0.3, -0.25) is 9.36 Å². The Labute approximate surface area is 183 Å². The second-order valence-electron chi connectivity index (χ2n) is 6.26. The highest BCUT2D eigenvalue weighted by molar-refractivity contribution is 7.10. The monoisotopic (exact) mass is 464 g/mol. The molecular formula is C20H14Cl2N2O3S2. The van der Waals surface area contributed by atoms with Crippen LogP contribution in [-0.4, -0.2) is 17.6 Å². The number of thiophene rings is 1. The third-order valence-corrected chi connectivity index (χ3v) is 7.13. The van der Waals surface area contributed by atoms with E-state index >= 15 is 0 Å². The Kier molecular flexibility index (Phi) is 5.48. The van der Waals surface area contributed by atoms with Crippen molar-refractivity contribution in [2.24, 2.45) is 4.99 Å². The summed E-state index contributed by atoms with van der Waals surface area (Å²) in [6.07, 6.45) is 1.74. The van der Waals surface area contributed by atoms with Crippen molar-refractivity contribution in [2.75, 3.05) is 7.11 Å². The first kappa shape index (κ1) is 20.1. The van der Waals surface area contributed by atoms with Crippen molar-refractivity contribution in [2.45, 2.75) is 13.0 Å². The largest absolute Gasteiger partial charge is 0.466 e. The van der Waals surface area contributed by atoms with E-state index in [1.165, 1.54) is 29.8 Å². The lowest BCUT2D eigenvalue weighted by atomic mass is 10.0. The summed E-state index contributed by atoms with van der Waals surface area (Å²) >= 11 is 14.8. The minimum Gasteiger partial charge on any atom is -0.466 e. The van der Waals surface area contributed by atoms with E-state index in [1.807, 2.05) is 17.5 Å². The molecule has 0 unspecified atom stereocenters. The van der Waals surface area contributed by atoms with E-state index < -0.39 is 12.0 Å².